The summed E-state index contributed by atoms with van der Waals surface area (Å²) in [6.45, 7) is 1.98. The summed E-state index contributed by atoms with van der Waals surface area (Å²) >= 11 is 0. The Kier molecular flexibility index (Phi) is 4.20. The van der Waals surface area contributed by atoms with Crippen molar-refractivity contribution in [2.75, 3.05) is 16.4 Å². The highest BCUT2D eigenvalue weighted by Gasteiger charge is 2.25. The Morgan fingerprint density at radius 2 is 1.92 bits per heavy atom. The minimum atomic E-state index is -0.255. The van der Waals surface area contributed by atoms with Crippen LogP contribution in [0.4, 0.5) is 27.5 Å². The molecule has 1 aliphatic carbocycles. The maximum absolute atomic E-state index is 13.1. The molecule has 1 saturated carbocycles. The second-order valence-corrected chi connectivity index (χ2v) is 6.66. The highest BCUT2D eigenvalue weighted by molar-refractivity contribution is 5.67. The number of aromatic amines is 1. The third-order valence-electron chi connectivity index (χ3n) is 4.52. The molecule has 1 aliphatic rings. The topological polar surface area (TPSA) is 91.6 Å². The number of halogens is 1. The van der Waals surface area contributed by atoms with Gasteiger partial charge in [0, 0.05) is 17.7 Å². The van der Waals surface area contributed by atoms with Crippen molar-refractivity contribution in [1.29, 1.82) is 0 Å². The molecule has 0 saturated heterocycles. The molecule has 1 aromatic carbocycles. The van der Waals surface area contributed by atoms with E-state index in [1.807, 2.05) is 19.1 Å². The smallest absolute Gasteiger partial charge is 0.153 e. The number of nitrogens with one attached hydrogen (secondary N) is 3. The molecule has 1 atom stereocenters. The summed E-state index contributed by atoms with van der Waals surface area (Å²) in [5.41, 5.74) is 8.71. The number of benzene rings is 1. The molecule has 0 bridgehead atoms. The zero-order valence-corrected chi connectivity index (χ0v) is 14.5. The molecule has 3 aromatic rings. The predicted molar refractivity (Wildman–Crippen MR) is 101 cm³/mol. The summed E-state index contributed by atoms with van der Waals surface area (Å²) in [6.07, 6.45) is 2.44. The molecule has 0 unspecified atom stereocenters. The summed E-state index contributed by atoms with van der Waals surface area (Å²) in [5, 5.41) is 13.8. The first-order chi connectivity index (χ1) is 12.6. The van der Waals surface area contributed by atoms with E-state index < -0.39 is 0 Å². The van der Waals surface area contributed by atoms with Crippen LogP contribution in [0.3, 0.4) is 0 Å². The third kappa shape index (κ3) is 3.61. The second kappa shape index (κ2) is 6.67. The van der Waals surface area contributed by atoms with Crippen molar-refractivity contribution < 1.29 is 4.39 Å². The van der Waals surface area contributed by atoms with Gasteiger partial charge in [0.05, 0.1) is 11.7 Å². The fraction of sp³-hybridized carbons (Fsp3) is 0.263. The maximum atomic E-state index is 13.1. The molecule has 0 radical (unpaired) electrons. The minimum Gasteiger partial charge on any atom is -0.396 e. The normalized spacial score (nSPS) is 14.8. The van der Waals surface area contributed by atoms with Gasteiger partial charge in [-0.25, -0.2) is 9.37 Å². The van der Waals surface area contributed by atoms with E-state index in [1.54, 1.807) is 18.2 Å². The highest BCUT2D eigenvalue weighted by Crippen LogP contribution is 2.39. The SMILES string of the molecule is C[C@@H](Nc1nc(Nc2cc(C3CC3)[nH]n2)ccc1N)c1ccc(F)cc1. The molecule has 0 aliphatic heterocycles. The van der Waals surface area contributed by atoms with Crippen LogP contribution in [0.2, 0.25) is 0 Å². The summed E-state index contributed by atoms with van der Waals surface area (Å²) < 4.78 is 13.1. The van der Waals surface area contributed by atoms with Crippen molar-refractivity contribution in [3.63, 3.8) is 0 Å². The van der Waals surface area contributed by atoms with Gasteiger partial charge in [-0.1, -0.05) is 12.1 Å². The van der Waals surface area contributed by atoms with Crippen LogP contribution in [0.1, 0.15) is 43.0 Å². The number of aromatic nitrogens is 3. The van der Waals surface area contributed by atoms with Gasteiger partial charge in [0.2, 0.25) is 0 Å². The molecule has 7 heteroatoms. The summed E-state index contributed by atoms with van der Waals surface area (Å²) in [5.74, 6) is 2.33. The molecule has 2 aromatic heterocycles. The third-order valence-corrected chi connectivity index (χ3v) is 4.52. The Balaban J connectivity index is 1.48. The number of nitrogen functional groups attached to an aromatic ring is 1. The van der Waals surface area contributed by atoms with Crippen molar-refractivity contribution in [2.45, 2.75) is 31.7 Å². The lowest BCUT2D eigenvalue weighted by Gasteiger charge is -2.17. The van der Waals surface area contributed by atoms with E-state index in [0.717, 1.165) is 17.1 Å². The molecule has 0 spiro atoms. The average molecular weight is 352 g/mol. The Labute approximate surface area is 151 Å². The average Bonchev–Trinajstić information content (AvgIpc) is 3.38. The second-order valence-electron chi connectivity index (χ2n) is 6.66. The quantitative estimate of drug-likeness (QED) is 0.530. The number of H-pyrrole nitrogens is 1. The fourth-order valence-electron chi connectivity index (χ4n) is 2.83. The van der Waals surface area contributed by atoms with Gasteiger partial charge >= 0.3 is 0 Å². The van der Waals surface area contributed by atoms with Crippen molar-refractivity contribution in [3.05, 3.63) is 59.5 Å². The summed E-state index contributed by atoms with van der Waals surface area (Å²) in [6, 6.07) is 11.9. The van der Waals surface area contributed by atoms with E-state index in [4.69, 9.17) is 5.73 Å². The molecular formula is C19H21FN6. The van der Waals surface area contributed by atoms with E-state index in [1.165, 1.54) is 25.0 Å². The molecule has 2 heterocycles. The van der Waals surface area contributed by atoms with E-state index in [-0.39, 0.29) is 11.9 Å². The maximum Gasteiger partial charge on any atom is 0.153 e. The van der Waals surface area contributed by atoms with Crippen LogP contribution >= 0.6 is 0 Å². The van der Waals surface area contributed by atoms with Gasteiger partial charge in [-0.15, -0.1) is 0 Å². The molecule has 6 nitrogen and oxygen atoms in total. The largest absolute Gasteiger partial charge is 0.396 e. The van der Waals surface area contributed by atoms with Gasteiger partial charge < -0.3 is 16.4 Å². The van der Waals surface area contributed by atoms with Gasteiger partial charge in [-0.05, 0) is 49.6 Å². The molecule has 26 heavy (non-hydrogen) atoms. The number of hydrogen-bond donors (Lipinski definition) is 4. The van der Waals surface area contributed by atoms with Gasteiger partial charge in [-0.3, -0.25) is 5.10 Å². The number of nitrogens with two attached hydrogens (primary N) is 1. The zero-order chi connectivity index (χ0) is 18.1. The van der Waals surface area contributed by atoms with Crippen LogP contribution in [-0.2, 0) is 0 Å². The number of pyridine rings is 1. The van der Waals surface area contributed by atoms with E-state index >= 15 is 0 Å². The first kappa shape index (κ1) is 16.4. The number of rotatable bonds is 6. The van der Waals surface area contributed by atoms with Crippen LogP contribution < -0.4 is 16.4 Å². The van der Waals surface area contributed by atoms with E-state index in [0.29, 0.717) is 23.2 Å². The van der Waals surface area contributed by atoms with Gasteiger partial charge in [0.15, 0.2) is 11.6 Å². The summed E-state index contributed by atoms with van der Waals surface area (Å²) in [4.78, 5) is 4.55. The molecule has 4 rings (SSSR count). The Hall–Kier alpha value is -3.09. The lowest BCUT2D eigenvalue weighted by atomic mass is 10.1. The van der Waals surface area contributed by atoms with Crippen molar-refractivity contribution >= 4 is 23.1 Å². The number of nitrogens with zero attached hydrogens (tertiary/aromatic N) is 2. The van der Waals surface area contributed by atoms with Crippen LogP contribution in [0.15, 0.2) is 42.5 Å². The summed E-state index contributed by atoms with van der Waals surface area (Å²) in [7, 11) is 0. The number of hydrogen-bond acceptors (Lipinski definition) is 5. The predicted octanol–water partition coefficient (Wildman–Crippen LogP) is 4.32. The van der Waals surface area contributed by atoms with Crippen molar-refractivity contribution in [2.24, 2.45) is 0 Å². The van der Waals surface area contributed by atoms with Crippen molar-refractivity contribution in [1.82, 2.24) is 15.2 Å². The van der Waals surface area contributed by atoms with Crippen LogP contribution in [-0.4, -0.2) is 15.2 Å². The fourth-order valence-corrected chi connectivity index (χ4v) is 2.83. The lowest BCUT2D eigenvalue weighted by Crippen LogP contribution is -2.10. The molecular weight excluding hydrogens is 331 g/mol. The molecule has 134 valence electrons. The van der Waals surface area contributed by atoms with E-state index in [9.17, 15) is 4.39 Å². The van der Waals surface area contributed by atoms with Crippen molar-refractivity contribution in [3.8, 4) is 0 Å². The Bertz CT molecular complexity index is 901. The first-order valence-corrected chi connectivity index (χ1v) is 8.69. The number of anilines is 4. The van der Waals surface area contributed by atoms with Crippen LogP contribution in [0.5, 0.6) is 0 Å². The van der Waals surface area contributed by atoms with Gasteiger partial charge in [0.1, 0.15) is 11.6 Å². The zero-order valence-electron chi connectivity index (χ0n) is 14.5. The van der Waals surface area contributed by atoms with Gasteiger partial charge in [0.25, 0.3) is 0 Å². The van der Waals surface area contributed by atoms with E-state index in [2.05, 4.69) is 25.8 Å². The molecule has 0 amide bonds. The standard InChI is InChI=1S/C19H21FN6/c1-11(12-4-6-14(20)7-5-12)22-19-15(21)8-9-17(24-19)23-18-10-16(25-26-18)13-2-3-13/h4-11,13H,2-3,21H2,1H3,(H3,22,23,24,25,26)/t11-/m1/s1. The Morgan fingerprint density at radius 1 is 1.15 bits per heavy atom. The molecule has 1 fully saturated rings. The van der Waals surface area contributed by atoms with Crippen LogP contribution in [0, 0.1) is 5.82 Å². The minimum absolute atomic E-state index is 0.0625. The first-order valence-electron chi connectivity index (χ1n) is 8.69. The monoisotopic (exact) mass is 352 g/mol. The Morgan fingerprint density at radius 3 is 2.65 bits per heavy atom. The molecule has 5 N–H and O–H groups in total. The van der Waals surface area contributed by atoms with Gasteiger partial charge in [-0.2, -0.15) is 5.10 Å². The van der Waals surface area contributed by atoms with Crippen LogP contribution in [0.25, 0.3) is 0 Å². The lowest BCUT2D eigenvalue weighted by molar-refractivity contribution is 0.626. The highest BCUT2D eigenvalue weighted by atomic mass is 19.1.